The summed E-state index contributed by atoms with van der Waals surface area (Å²) >= 11 is 0. The van der Waals surface area contributed by atoms with Crippen molar-refractivity contribution < 1.29 is 4.79 Å². The zero-order valence-electron chi connectivity index (χ0n) is 10.9. The summed E-state index contributed by atoms with van der Waals surface area (Å²) in [5.74, 6) is 0.386. The van der Waals surface area contributed by atoms with Gasteiger partial charge >= 0.3 is 0 Å². The summed E-state index contributed by atoms with van der Waals surface area (Å²) in [7, 11) is 0. The number of carbonyl (C=O) groups excluding carboxylic acids is 1. The molecule has 0 spiro atoms. The maximum absolute atomic E-state index is 11.6. The fourth-order valence-corrected chi connectivity index (χ4v) is 1.20. The van der Waals surface area contributed by atoms with Crippen molar-refractivity contribution in [3.63, 3.8) is 0 Å². The van der Waals surface area contributed by atoms with Crippen LogP contribution in [-0.4, -0.2) is 24.0 Å². The third kappa shape index (κ3) is 8.25. The number of carbonyl (C=O) groups is 1. The van der Waals surface area contributed by atoms with Crippen molar-refractivity contribution in [3.8, 4) is 6.07 Å². The lowest BCUT2D eigenvalue weighted by atomic mass is 10.1. The van der Waals surface area contributed by atoms with Gasteiger partial charge in [0, 0.05) is 5.54 Å². The molecule has 16 heavy (non-hydrogen) atoms. The smallest absolute Gasteiger partial charge is 0.223 e. The van der Waals surface area contributed by atoms with Crippen molar-refractivity contribution in [3.05, 3.63) is 0 Å². The highest BCUT2D eigenvalue weighted by Gasteiger charge is 2.17. The fourth-order valence-electron chi connectivity index (χ4n) is 1.20. The lowest BCUT2D eigenvalue weighted by molar-refractivity contribution is -0.122. The fraction of sp³-hybridized carbons (Fsp3) is 0.833. The number of nitriles is 1. The summed E-state index contributed by atoms with van der Waals surface area (Å²) in [6, 6.07) is 1.70. The molecular weight excluding hydrogens is 202 g/mol. The Hall–Kier alpha value is -1.08. The monoisotopic (exact) mass is 225 g/mol. The standard InChI is InChI=1S/C12H23N3O/c1-9(2)8-14-10(7-13)6-11(16)15-12(3,4)5/h9-10,14H,6,8H2,1-5H3,(H,15,16). The summed E-state index contributed by atoms with van der Waals surface area (Å²) in [5.41, 5.74) is -0.241. The molecule has 0 radical (unpaired) electrons. The van der Waals surface area contributed by atoms with Gasteiger partial charge in [0.15, 0.2) is 0 Å². The van der Waals surface area contributed by atoms with Gasteiger partial charge in [-0.05, 0) is 33.2 Å². The molecule has 4 nitrogen and oxygen atoms in total. The predicted molar refractivity (Wildman–Crippen MR) is 64.8 cm³/mol. The Kier molecular flexibility index (Phi) is 6.05. The lowest BCUT2D eigenvalue weighted by Crippen LogP contribution is -2.44. The minimum Gasteiger partial charge on any atom is -0.351 e. The van der Waals surface area contributed by atoms with Gasteiger partial charge in [-0.2, -0.15) is 5.26 Å². The molecule has 0 aliphatic carbocycles. The van der Waals surface area contributed by atoms with Crippen LogP contribution in [0.4, 0.5) is 0 Å². The zero-order valence-corrected chi connectivity index (χ0v) is 10.9. The van der Waals surface area contributed by atoms with Crippen LogP contribution >= 0.6 is 0 Å². The molecule has 0 aliphatic heterocycles. The second kappa shape index (κ2) is 6.49. The summed E-state index contributed by atoms with van der Waals surface area (Å²) in [6.45, 7) is 10.7. The van der Waals surface area contributed by atoms with E-state index in [4.69, 9.17) is 5.26 Å². The second-order valence-electron chi connectivity index (χ2n) is 5.49. The van der Waals surface area contributed by atoms with E-state index in [1.54, 1.807) is 0 Å². The summed E-state index contributed by atoms with van der Waals surface area (Å²) < 4.78 is 0. The van der Waals surface area contributed by atoms with Gasteiger partial charge < -0.3 is 10.6 Å². The highest BCUT2D eigenvalue weighted by atomic mass is 16.1. The van der Waals surface area contributed by atoms with Crippen molar-refractivity contribution in [1.82, 2.24) is 10.6 Å². The molecule has 1 unspecified atom stereocenters. The van der Waals surface area contributed by atoms with E-state index in [1.807, 2.05) is 20.8 Å². The van der Waals surface area contributed by atoms with Crippen molar-refractivity contribution in [2.24, 2.45) is 5.92 Å². The molecule has 92 valence electrons. The SMILES string of the molecule is CC(C)CNC(C#N)CC(=O)NC(C)(C)C. The van der Waals surface area contributed by atoms with Gasteiger partial charge in [0.05, 0.1) is 12.5 Å². The molecule has 0 heterocycles. The van der Waals surface area contributed by atoms with Crippen LogP contribution < -0.4 is 10.6 Å². The minimum absolute atomic E-state index is 0.0877. The molecule has 0 aromatic heterocycles. The van der Waals surface area contributed by atoms with Crippen molar-refractivity contribution in [2.45, 2.75) is 52.6 Å². The molecule has 0 saturated heterocycles. The molecule has 4 heteroatoms. The van der Waals surface area contributed by atoms with Gasteiger partial charge in [-0.25, -0.2) is 0 Å². The Morgan fingerprint density at radius 2 is 1.94 bits per heavy atom. The topological polar surface area (TPSA) is 64.9 Å². The molecule has 1 atom stereocenters. The first kappa shape index (κ1) is 14.9. The van der Waals surface area contributed by atoms with Gasteiger partial charge in [0.25, 0.3) is 0 Å². The highest BCUT2D eigenvalue weighted by molar-refractivity contribution is 5.77. The molecule has 0 rings (SSSR count). The largest absolute Gasteiger partial charge is 0.351 e. The highest BCUT2D eigenvalue weighted by Crippen LogP contribution is 2.01. The third-order valence-electron chi connectivity index (χ3n) is 1.83. The average molecular weight is 225 g/mol. The minimum atomic E-state index is -0.398. The normalized spacial score (nSPS) is 13.3. The Balaban J connectivity index is 4.04. The molecular formula is C12H23N3O. The molecule has 0 fully saturated rings. The average Bonchev–Trinajstić information content (AvgIpc) is 2.08. The van der Waals surface area contributed by atoms with E-state index in [9.17, 15) is 4.79 Å². The molecule has 2 N–H and O–H groups in total. The van der Waals surface area contributed by atoms with Gasteiger partial charge in [-0.3, -0.25) is 4.79 Å². The number of hydrogen-bond donors (Lipinski definition) is 2. The van der Waals surface area contributed by atoms with Crippen LogP contribution in [0.2, 0.25) is 0 Å². The van der Waals surface area contributed by atoms with Crippen LogP contribution in [0, 0.1) is 17.2 Å². The van der Waals surface area contributed by atoms with Crippen molar-refractivity contribution in [2.75, 3.05) is 6.54 Å². The number of nitrogens with zero attached hydrogens (tertiary/aromatic N) is 1. The number of amides is 1. The van der Waals surface area contributed by atoms with Crippen molar-refractivity contribution in [1.29, 1.82) is 5.26 Å². The van der Waals surface area contributed by atoms with Crippen LogP contribution in [0.5, 0.6) is 0 Å². The van der Waals surface area contributed by atoms with Gasteiger partial charge in [0.1, 0.15) is 6.04 Å². The second-order valence-corrected chi connectivity index (χ2v) is 5.49. The van der Waals surface area contributed by atoms with Crippen molar-refractivity contribution >= 4 is 5.91 Å². The lowest BCUT2D eigenvalue weighted by Gasteiger charge is -2.21. The van der Waals surface area contributed by atoms with Gasteiger partial charge in [-0.1, -0.05) is 13.8 Å². The van der Waals surface area contributed by atoms with E-state index in [2.05, 4.69) is 30.6 Å². The maximum Gasteiger partial charge on any atom is 0.223 e. The maximum atomic E-state index is 11.6. The van der Waals surface area contributed by atoms with E-state index in [0.717, 1.165) is 6.54 Å². The zero-order chi connectivity index (χ0) is 12.8. The van der Waals surface area contributed by atoms with Gasteiger partial charge in [0.2, 0.25) is 5.91 Å². The third-order valence-corrected chi connectivity index (χ3v) is 1.83. The van der Waals surface area contributed by atoms with Crippen LogP contribution in [0.1, 0.15) is 41.0 Å². The van der Waals surface area contributed by atoms with Crippen LogP contribution in [0.25, 0.3) is 0 Å². The summed E-state index contributed by atoms with van der Waals surface area (Å²) in [6.07, 6.45) is 0.209. The number of nitrogens with one attached hydrogen (secondary N) is 2. The van der Waals surface area contributed by atoms with E-state index in [0.29, 0.717) is 5.92 Å². The van der Waals surface area contributed by atoms with E-state index < -0.39 is 6.04 Å². The van der Waals surface area contributed by atoms with E-state index >= 15 is 0 Å². The molecule has 0 aromatic carbocycles. The van der Waals surface area contributed by atoms with Gasteiger partial charge in [-0.15, -0.1) is 0 Å². The first-order valence-electron chi connectivity index (χ1n) is 5.68. The molecule has 0 saturated carbocycles. The first-order valence-corrected chi connectivity index (χ1v) is 5.68. The van der Waals surface area contributed by atoms with Crippen LogP contribution in [-0.2, 0) is 4.79 Å². The quantitative estimate of drug-likeness (QED) is 0.744. The summed E-state index contributed by atoms with van der Waals surface area (Å²) in [4.78, 5) is 11.6. The Morgan fingerprint density at radius 1 is 1.38 bits per heavy atom. The Bertz CT molecular complexity index is 260. The molecule has 0 aromatic rings. The first-order chi connectivity index (χ1) is 7.24. The van der Waals surface area contributed by atoms with E-state index in [1.165, 1.54) is 0 Å². The van der Waals surface area contributed by atoms with Crippen LogP contribution in [0.15, 0.2) is 0 Å². The Morgan fingerprint density at radius 3 is 2.31 bits per heavy atom. The van der Waals surface area contributed by atoms with E-state index in [-0.39, 0.29) is 17.9 Å². The number of rotatable bonds is 5. The molecule has 1 amide bonds. The Labute approximate surface area is 98.4 Å². The molecule has 0 aliphatic rings. The number of hydrogen-bond acceptors (Lipinski definition) is 3. The molecule has 0 bridgehead atoms. The summed E-state index contributed by atoms with van der Waals surface area (Å²) in [5, 5.41) is 14.8. The van der Waals surface area contributed by atoms with Crippen LogP contribution in [0.3, 0.4) is 0 Å². The predicted octanol–water partition coefficient (Wildman–Crippen LogP) is 1.43.